The van der Waals surface area contributed by atoms with Gasteiger partial charge in [0.05, 0.1) is 19.3 Å². The first-order valence-electron chi connectivity index (χ1n) is 6.79. The Morgan fingerprint density at radius 2 is 2.40 bits per heavy atom. The highest BCUT2D eigenvalue weighted by atomic mass is 79.9. The first kappa shape index (κ1) is 15.5. The number of carbonyl (C=O) groups is 1. The fourth-order valence-corrected chi connectivity index (χ4v) is 2.84. The van der Waals surface area contributed by atoms with E-state index in [9.17, 15) is 4.79 Å². The van der Waals surface area contributed by atoms with Gasteiger partial charge in [0.1, 0.15) is 0 Å². The van der Waals surface area contributed by atoms with Crippen molar-refractivity contribution in [3.8, 4) is 0 Å². The molecule has 5 heteroatoms. The maximum atomic E-state index is 11.4. The summed E-state index contributed by atoms with van der Waals surface area (Å²) < 4.78 is 11.0. The highest BCUT2D eigenvalue weighted by Gasteiger charge is 2.21. The first-order valence-corrected chi connectivity index (χ1v) is 7.59. The van der Waals surface area contributed by atoms with Crippen LogP contribution in [0.5, 0.6) is 0 Å². The molecule has 1 heterocycles. The topological polar surface area (TPSA) is 47.6 Å². The average molecular weight is 342 g/mol. The molecule has 0 aromatic heterocycles. The molecule has 0 saturated carbocycles. The van der Waals surface area contributed by atoms with Crippen molar-refractivity contribution in [2.45, 2.75) is 25.9 Å². The lowest BCUT2D eigenvalue weighted by Gasteiger charge is -2.19. The number of rotatable bonds is 5. The Morgan fingerprint density at radius 3 is 3.00 bits per heavy atom. The van der Waals surface area contributed by atoms with Crippen LogP contribution in [0.4, 0.5) is 0 Å². The van der Waals surface area contributed by atoms with E-state index in [-0.39, 0.29) is 5.97 Å². The molecular formula is C15H20BrNO3. The van der Waals surface area contributed by atoms with Gasteiger partial charge in [0.25, 0.3) is 0 Å². The Hall–Kier alpha value is -0.910. The van der Waals surface area contributed by atoms with E-state index in [1.54, 1.807) is 12.1 Å². The number of benzene rings is 1. The molecule has 1 N–H and O–H groups in total. The second-order valence-electron chi connectivity index (χ2n) is 5.09. The van der Waals surface area contributed by atoms with Crippen LogP contribution in [0, 0.1) is 5.92 Å². The van der Waals surface area contributed by atoms with Gasteiger partial charge in [-0.3, -0.25) is 0 Å². The third-order valence-electron chi connectivity index (χ3n) is 3.76. The molecule has 2 atom stereocenters. The minimum atomic E-state index is -0.318. The van der Waals surface area contributed by atoms with E-state index in [0.717, 1.165) is 36.2 Å². The van der Waals surface area contributed by atoms with Gasteiger partial charge in [-0.2, -0.15) is 0 Å². The molecule has 0 amide bonds. The van der Waals surface area contributed by atoms with Gasteiger partial charge < -0.3 is 14.8 Å². The fraction of sp³-hybridized carbons (Fsp3) is 0.533. The second-order valence-corrected chi connectivity index (χ2v) is 5.95. The Balaban J connectivity index is 1.94. The standard InChI is InChI=1S/C15H20BrNO3/c1-10(13-5-6-20-9-13)17-8-12-4-3-11(7-14(12)16)15(18)19-2/h3-4,7,10,13,17H,5-6,8-9H2,1-2H3. The van der Waals surface area contributed by atoms with E-state index in [1.807, 2.05) is 6.07 Å². The van der Waals surface area contributed by atoms with E-state index in [4.69, 9.17) is 9.47 Å². The van der Waals surface area contributed by atoms with E-state index in [0.29, 0.717) is 17.5 Å². The second kappa shape index (κ2) is 7.20. The molecule has 20 heavy (non-hydrogen) atoms. The van der Waals surface area contributed by atoms with Crippen LogP contribution in [0.2, 0.25) is 0 Å². The maximum Gasteiger partial charge on any atom is 0.337 e. The molecule has 0 bridgehead atoms. The monoisotopic (exact) mass is 341 g/mol. The van der Waals surface area contributed by atoms with Crippen LogP contribution in [0.25, 0.3) is 0 Å². The smallest absolute Gasteiger partial charge is 0.337 e. The normalized spacial score (nSPS) is 19.9. The van der Waals surface area contributed by atoms with Crippen molar-refractivity contribution in [2.75, 3.05) is 20.3 Å². The van der Waals surface area contributed by atoms with Crippen molar-refractivity contribution in [1.29, 1.82) is 0 Å². The van der Waals surface area contributed by atoms with E-state index >= 15 is 0 Å². The van der Waals surface area contributed by atoms with Gasteiger partial charge in [0, 0.05) is 23.7 Å². The molecule has 2 unspecified atom stereocenters. The molecule has 110 valence electrons. The van der Waals surface area contributed by atoms with Gasteiger partial charge in [-0.1, -0.05) is 22.0 Å². The summed E-state index contributed by atoms with van der Waals surface area (Å²) in [7, 11) is 1.39. The third-order valence-corrected chi connectivity index (χ3v) is 4.50. The Kier molecular flexibility index (Phi) is 5.57. The molecule has 0 radical (unpaired) electrons. The average Bonchev–Trinajstić information content (AvgIpc) is 2.99. The predicted octanol–water partition coefficient (Wildman–Crippen LogP) is 2.75. The molecule has 1 fully saturated rings. The quantitative estimate of drug-likeness (QED) is 0.836. The van der Waals surface area contributed by atoms with Crippen molar-refractivity contribution >= 4 is 21.9 Å². The van der Waals surface area contributed by atoms with Gasteiger partial charge in [0.15, 0.2) is 0 Å². The van der Waals surface area contributed by atoms with Crippen LogP contribution in [0.1, 0.15) is 29.3 Å². The van der Waals surface area contributed by atoms with Gasteiger partial charge in [-0.15, -0.1) is 0 Å². The van der Waals surface area contributed by atoms with Crippen molar-refractivity contribution in [1.82, 2.24) is 5.32 Å². The van der Waals surface area contributed by atoms with Crippen LogP contribution < -0.4 is 5.32 Å². The number of methoxy groups -OCH3 is 1. The summed E-state index contributed by atoms with van der Waals surface area (Å²) >= 11 is 3.51. The third kappa shape index (κ3) is 3.81. The molecule has 0 aliphatic carbocycles. The summed E-state index contributed by atoms with van der Waals surface area (Å²) in [5.74, 6) is 0.268. The zero-order chi connectivity index (χ0) is 14.5. The summed E-state index contributed by atoms with van der Waals surface area (Å²) in [5.41, 5.74) is 1.68. The fourth-order valence-electron chi connectivity index (χ4n) is 2.32. The number of hydrogen-bond acceptors (Lipinski definition) is 4. The zero-order valence-corrected chi connectivity index (χ0v) is 13.4. The Morgan fingerprint density at radius 1 is 1.60 bits per heavy atom. The van der Waals surface area contributed by atoms with Crippen LogP contribution in [0.3, 0.4) is 0 Å². The SMILES string of the molecule is COC(=O)c1ccc(CNC(C)C2CCOC2)c(Br)c1. The lowest BCUT2D eigenvalue weighted by Crippen LogP contribution is -2.33. The van der Waals surface area contributed by atoms with Crippen molar-refractivity contribution < 1.29 is 14.3 Å². The zero-order valence-electron chi connectivity index (χ0n) is 11.8. The van der Waals surface area contributed by atoms with Crippen molar-refractivity contribution in [2.24, 2.45) is 5.92 Å². The number of ether oxygens (including phenoxy) is 2. The molecule has 1 aromatic carbocycles. The lowest BCUT2D eigenvalue weighted by atomic mass is 10.0. The van der Waals surface area contributed by atoms with Crippen molar-refractivity contribution in [3.05, 3.63) is 33.8 Å². The van der Waals surface area contributed by atoms with Crippen LogP contribution in [-0.4, -0.2) is 32.3 Å². The van der Waals surface area contributed by atoms with Gasteiger partial charge in [0.2, 0.25) is 0 Å². The van der Waals surface area contributed by atoms with Gasteiger partial charge in [-0.05, 0) is 37.0 Å². The lowest BCUT2D eigenvalue weighted by molar-refractivity contribution is 0.0600. The van der Waals surface area contributed by atoms with E-state index < -0.39 is 0 Å². The molecule has 1 saturated heterocycles. The maximum absolute atomic E-state index is 11.4. The Bertz CT molecular complexity index is 472. The molecule has 0 spiro atoms. The predicted molar refractivity (Wildman–Crippen MR) is 80.7 cm³/mol. The van der Waals surface area contributed by atoms with Gasteiger partial charge in [-0.25, -0.2) is 4.79 Å². The summed E-state index contributed by atoms with van der Waals surface area (Å²) in [4.78, 5) is 11.4. The largest absolute Gasteiger partial charge is 0.465 e. The summed E-state index contributed by atoms with van der Waals surface area (Å²) in [5, 5.41) is 3.52. The minimum Gasteiger partial charge on any atom is -0.465 e. The first-order chi connectivity index (χ1) is 9.61. The summed E-state index contributed by atoms with van der Waals surface area (Å²) in [6.07, 6.45) is 1.12. The van der Waals surface area contributed by atoms with E-state index in [1.165, 1.54) is 7.11 Å². The molecular weight excluding hydrogens is 322 g/mol. The Labute approximate surface area is 128 Å². The molecule has 1 aliphatic heterocycles. The minimum absolute atomic E-state index is 0.318. The van der Waals surface area contributed by atoms with Crippen LogP contribution >= 0.6 is 15.9 Å². The summed E-state index contributed by atoms with van der Waals surface area (Å²) in [6, 6.07) is 5.95. The molecule has 4 nitrogen and oxygen atoms in total. The number of esters is 1. The van der Waals surface area contributed by atoms with Crippen LogP contribution in [0.15, 0.2) is 22.7 Å². The van der Waals surface area contributed by atoms with Crippen LogP contribution in [-0.2, 0) is 16.0 Å². The molecule has 2 rings (SSSR count). The molecule has 1 aromatic rings. The highest BCUT2D eigenvalue weighted by Crippen LogP contribution is 2.21. The number of halogens is 1. The van der Waals surface area contributed by atoms with Gasteiger partial charge >= 0.3 is 5.97 Å². The number of carbonyl (C=O) groups excluding carboxylic acids is 1. The van der Waals surface area contributed by atoms with Crippen molar-refractivity contribution in [3.63, 3.8) is 0 Å². The highest BCUT2D eigenvalue weighted by molar-refractivity contribution is 9.10. The number of hydrogen-bond donors (Lipinski definition) is 1. The van der Waals surface area contributed by atoms with E-state index in [2.05, 4.69) is 28.2 Å². The number of nitrogens with one attached hydrogen (secondary N) is 1. The molecule has 1 aliphatic rings. The summed E-state index contributed by atoms with van der Waals surface area (Å²) in [6.45, 7) is 4.67.